The molecule has 0 rings (SSSR count). The third kappa shape index (κ3) is 51.2. The van der Waals surface area contributed by atoms with E-state index in [9.17, 15) is 28.8 Å². The molecule has 122 valence electrons. The molecule has 0 bridgehead atoms. The van der Waals surface area contributed by atoms with Crippen LogP contribution in [0.5, 0.6) is 0 Å². The monoisotopic (exact) mass is 364 g/mol. The molecule has 0 fully saturated rings. The molecule has 0 amide bonds. The normalized spacial score (nSPS) is 7.91. The molecule has 0 aliphatic rings. The van der Waals surface area contributed by atoms with Gasteiger partial charge in [-0.15, -0.1) is 0 Å². The van der Waals surface area contributed by atoms with Crippen LogP contribution in [0.2, 0.25) is 0 Å². The summed E-state index contributed by atoms with van der Waals surface area (Å²) in [5.41, 5.74) is 0. The third-order valence-electron chi connectivity index (χ3n) is 1.49. The van der Waals surface area contributed by atoms with Gasteiger partial charge in [-0.1, -0.05) is 0 Å². The van der Waals surface area contributed by atoms with Crippen molar-refractivity contribution in [2.75, 3.05) is 0 Å². The number of hydrogen-bond acceptors (Lipinski definition) is 6. The minimum absolute atomic E-state index is 0. The Balaban J connectivity index is -0.000000108. The zero-order chi connectivity index (χ0) is 17.6. The predicted octanol–water partition coefficient (Wildman–Crippen LogP) is 1.66. The van der Waals surface area contributed by atoms with Gasteiger partial charge in [0, 0.05) is 19.5 Å². The zero-order valence-corrected chi connectivity index (χ0v) is 17.2. The van der Waals surface area contributed by atoms with E-state index in [1.54, 1.807) is 0 Å². The standard InChI is InChI=1S/3C5H8O2.Zn/c3*1-4(6)3-5(2)7;/h3*3H2,1-2H3;. The number of Topliss-reactive ketones (excluding diaryl/α,β-unsaturated/α-hetero) is 6. The van der Waals surface area contributed by atoms with E-state index in [2.05, 4.69) is 0 Å². The topological polar surface area (TPSA) is 102 Å². The maximum absolute atomic E-state index is 10.0. The van der Waals surface area contributed by atoms with Gasteiger partial charge in [-0.2, -0.15) is 0 Å². The van der Waals surface area contributed by atoms with Gasteiger partial charge in [0.15, 0.2) is 0 Å². The Kier molecular flexibility index (Phi) is 23.1. The second kappa shape index (κ2) is 17.7. The first-order valence-electron chi connectivity index (χ1n) is 6.35. The number of carbonyl (C=O) groups is 6. The third-order valence-corrected chi connectivity index (χ3v) is 1.49. The van der Waals surface area contributed by atoms with Gasteiger partial charge < -0.3 is 0 Å². The summed E-state index contributed by atoms with van der Waals surface area (Å²) in [6.07, 6.45) is 0.250. The van der Waals surface area contributed by atoms with Crippen LogP contribution in [-0.2, 0) is 48.2 Å². The van der Waals surface area contributed by atoms with Crippen LogP contribution in [0.1, 0.15) is 60.8 Å². The van der Waals surface area contributed by atoms with Crippen molar-refractivity contribution in [2.45, 2.75) is 60.8 Å². The number of rotatable bonds is 6. The molecule has 0 aromatic carbocycles. The minimum atomic E-state index is -0.0625. The molecular weight excluding hydrogens is 342 g/mol. The summed E-state index contributed by atoms with van der Waals surface area (Å²) in [5, 5.41) is 0. The Labute approximate surface area is 144 Å². The Morgan fingerprint density at radius 1 is 0.409 bits per heavy atom. The smallest absolute Gasteiger partial charge is 0.137 e. The van der Waals surface area contributed by atoms with Crippen LogP contribution in [0, 0.1) is 0 Å². The molecule has 0 aromatic heterocycles. The van der Waals surface area contributed by atoms with E-state index in [4.69, 9.17) is 0 Å². The molecule has 0 aliphatic carbocycles. The zero-order valence-electron chi connectivity index (χ0n) is 14.3. The van der Waals surface area contributed by atoms with Crippen molar-refractivity contribution < 1.29 is 48.2 Å². The van der Waals surface area contributed by atoms with Crippen molar-refractivity contribution in [3.05, 3.63) is 0 Å². The second-order valence-electron chi connectivity index (χ2n) is 4.74. The molecule has 0 heterocycles. The van der Waals surface area contributed by atoms with Gasteiger partial charge in [-0.05, 0) is 41.5 Å². The first-order valence-corrected chi connectivity index (χ1v) is 6.35. The van der Waals surface area contributed by atoms with Gasteiger partial charge in [0.2, 0.25) is 0 Å². The van der Waals surface area contributed by atoms with E-state index in [0.717, 1.165) is 0 Å². The van der Waals surface area contributed by atoms with Crippen LogP contribution in [0.15, 0.2) is 0 Å². The summed E-state index contributed by atoms with van der Waals surface area (Å²) in [5.74, 6) is -0.375. The van der Waals surface area contributed by atoms with Crippen molar-refractivity contribution in [1.29, 1.82) is 0 Å². The SMILES string of the molecule is CC(=O)CC(C)=O.CC(=O)CC(C)=O.CC(=O)CC(C)=O.[Zn]. The Hall–Kier alpha value is -1.36. The number of hydrogen-bond donors (Lipinski definition) is 0. The summed E-state index contributed by atoms with van der Waals surface area (Å²) in [6.45, 7) is 8.42. The molecule has 0 atom stereocenters. The van der Waals surface area contributed by atoms with Gasteiger partial charge >= 0.3 is 0 Å². The van der Waals surface area contributed by atoms with Crippen LogP contribution in [0.3, 0.4) is 0 Å². The summed E-state index contributed by atoms with van der Waals surface area (Å²) in [6, 6.07) is 0. The average molecular weight is 366 g/mol. The van der Waals surface area contributed by atoms with Gasteiger partial charge in [-0.25, -0.2) is 0 Å². The molecule has 0 aromatic rings. The van der Waals surface area contributed by atoms with Crippen molar-refractivity contribution in [1.82, 2.24) is 0 Å². The molecule has 7 heteroatoms. The fraction of sp³-hybridized carbons (Fsp3) is 0.600. The molecular formula is C15H24O6Zn. The van der Waals surface area contributed by atoms with E-state index >= 15 is 0 Å². The number of ketones is 6. The largest absolute Gasteiger partial charge is 0.300 e. The average Bonchev–Trinajstić information content (AvgIpc) is 2.10. The molecule has 0 spiro atoms. The summed E-state index contributed by atoms with van der Waals surface area (Å²) < 4.78 is 0. The van der Waals surface area contributed by atoms with Crippen LogP contribution >= 0.6 is 0 Å². The summed E-state index contributed by atoms with van der Waals surface area (Å²) in [7, 11) is 0. The molecule has 0 aliphatic heterocycles. The minimum Gasteiger partial charge on any atom is -0.300 e. The molecule has 6 nitrogen and oxygen atoms in total. The number of carbonyl (C=O) groups excluding carboxylic acids is 6. The second-order valence-corrected chi connectivity index (χ2v) is 4.74. The van der Waals surface area contributed by atoms with E-state index in [0.29, 0.717) is 0 Å². The quantitative estimate of drug-likeness (QED) is 0.524. The fourth-order valence-corrected chi connectivity index (χ4v) is 1.05. The van der Waals surface area contributed by atoms with Crippen LogP contribution in [0.4, 0.5) is 0 Å². The van der Waals surface area contributed by atoms with Crippen molar-refractivity contribution in [3.8, 4) is 0 Å². The first-order chi connectivity index (χ1) is 9.38. The molecule has 0 radical (unpaired) electrons. The summed E-state index contributed by atoms with van der Waals surface area (Å²) >= 11 is 0. The van der Waals surface area contributed by atoms with Crippen molar-refractivity contribution >= 4 is 34.7 Å². The maximum Gasteiger partial charge on any atom is 0.137 e. The van der Waals surface area contributed by atoms with E-state index in [1.165, 1.54) is 41.5 Å². The Bertz CT molecular complexity index is 314. The van der Waals surface area contributed by atoms with Gasteiger partial charge in [0.1, 0.15) is 34.7 Å². The van der Waals surface area contributed by atoms with Gasteiger partial charge in [0.05, 0.1) is 19.3 Å². The van der Waals surface area contributed by atoms with E-state index in [1.807, 2.05) is 0 Å². The van der Waals surface area contributed by atoms with Gasteiger partial charge in [0.25, 0.3) is 0 Å². The first kappa shape index (κ1) is 28.8. The van der Waals surface area contributed by atoms with Crippen LogP contribution in [-0.4, -0.2) is 34.7 Å². The van der Waals surface area contributed by atoms with Crippen molar-refractivity contribution in [3.63, 3.8) is 0 Å². The fourth-order valence-electron chi connectivity index (χ4n) is 1.05. The molecule has 0 saturated carbocycles. The molecule has 0 N–H and O–H groups in total. The molecule has 22 heavy (non-hydrogen) atoms. The van der Waals surface area contributed by atoms with Gasteiger partial charge in [-0.3, -0.25) is 28.8 Å². The molecule has 0 saturated heterocycles. The maximum atomic E-state index is 10.0. The van der Waals surface area contributed by atoms with Crippen molar-refractivity contribution in [2.24, 2.45) is 0 Å². The predicted molar refractivity (Wildman–Crippen MR) is 77.9 cm³/mol. The Morgan fingerprint density at radius 2 is 0.500 bits per heavy atom. The van der Waals surface area contributed by atoms with Crippen LogP contribution in [0.25, 0.3) is 0 Å². The summed E-state index contributed by atoms with van der Waals surface area (Å²) in [4.78, 5) is 60.2. The molecule has 0 unspecified atom stereocenters. The Morgan fingerprint density at radius 3 is 0.500 bits per heavy atom. The van der Waals surface area contributed by atoms with Crippen LogP contribution < -0.4 is 0 Å². The van der Waals surface area contributed by atoms with E-state index in [-0.39, 0.29) is 73.4 Å². The van der Waals surface area contributed by atoms with E-state index < -0.39 is 0 Å².